The average Bonchev–Trinajstić information content (AvgIpc) is 2.70. The zero-order chi connectivity index (χ0) is 20.3. The van der Waals surface area contributed by atoms with Gasteiger partial charge < -0.3 is 24.8 Å². The molecular weight excluding hydrogens is 471 g/mol. The van der Waals surface area contributed by atoms with Crippen LogP contribution in [0.25, 0.3) is 0 Å². The average molecular weight is 498 g/mol. The van der Waals surface area contributed by atoms with Crippen molar-refractivity contribution >= 4 is 22.6 Å². The van der Waals surface area contributed by atoms with E-state index in [4.69, 9.17) is 9.47 Å². The highest BCUT2D eigenvalue weighted by atomic mass is 127. The molecule has 152 valence electrons. The van der Waals surface area contributed by atoms with Crippen LogP contribution >= 0.6 is 22.6 Å². The van der Waals surface area contributed by atoms with Crippen LogP contribution in [0.1, 0.15) is 36.6 Å². The van der Waals surface area contributed by atoms with Crippen molar-refractivity contribution in [3.05, 3.63) is 62.7 Å². The highest BCUT2D eigenvalue weighted by Gasteiger charge is 2.42. The Morgan fingerprint density at radius 2 is 1.79 bits per heavy atom. The molecule has 0 aromatic heterocycles. The first-order valence-corrected chi connectivity index (χ1v) is 10.6. The maximum atomic E-state index is 10.6. The van der Waals surface area contributed by atoms with E-state index in [1.165, 1.54) is 5.56 Å². The van der Waals surface area contributed by atoms with Gasteiger partial charge in [-0.1, -0.05) is 31.2 Å². The van der Waals surface area contributed by atoms with Crippen LogP contribution < -0.4 is 4.74 Å². The summed E-state index contributed by atoms with van der Waals surface area (Å²) < 4.78 is 12.5. The molecule has 5 nitrogen and oxygen atoms in total. The minimum atomic E-state index is -0.886. The largest absolute Gasteiger partial charge is 0.494 e. The summed E-state index contributed by atoms with van der Waals surface area (Å²) in [5, 5.41) is 30.3. The predicted molar refractivity (Wildman–Crippen MR) is 115 cm³/mol. The Morgan fingerprint density at radius 1 is 1.07 bits per heavy atom. The summed E-state index contributed by atoms with van der Waals surface area (Å²) in [6.07, 6.45) is -2.24. The van der Waals surface area contributed by atoms with Gasteiger partial charge in [-0.2, -0.15) is 0 Å². The summed E-state index contributed by atoms with van der Waals surface area (Å²) in [5.41, 5.74) is 3.16. The lowest BCUT2D eigenvalue weighted by Gasteiger charge is -2.41. The number of aliphatic hydroxyl groups excluding tert-OH is 3. The summed E-state index contributed by atoms with van der Waals surface area (Å²) >= 11 is 2.31. The first-order chi connectivity index (χ1) is 13.4. The molecule has 3 N–H and O–H groups in total. The first-order valence-electron chi connectivity index (χ1n) is 9.57. The van der Waals surface area contributed by atoms with Crippen molar-refractivity contribution in [1.29, 1.82) is 0 Å². The summed E-state index contributed by atoms with van der Waals surface area (Å²) in [4.78, 5) is 0. The van der Waals surface area contributed by atoms with Crippen LogP contribution in [0.5, 0.6) is 5.75 Å². The van der Waals surface area contributed by atoms with E-state index >= 15 is 0 Å². The molecule has 6 heteroatoms. The van der Waals surface area contributed by atoms with Gasteiger partial charge in [0.1, 0.15) is 18.0 Å². The summed E-state index contributed by atoms with van der Waals surface area (Å²) in [6, 6.07) is 14.1. The minimum absolute atomic E-state index is 0.280. The molecule has 3 rings (SSSR count). The van der Waals surface area contributed by atoms with E-state index in [1.54, 1.807) is 6.92 Å². The lowest BCUT2D eigenvalue weighted by atomic mass is 9.84. The van der Waals surface area contributed by atoms with Crippen molar-refractivity contribution in [2.45, 2.75) is 44.7 Å². The zero-order valence-corrected chi connectivity index (χ0v) is 18.2. The molecule has 0 radical (unpaired) electrons. The fourth-order valence-electron chi connectivity index (χ4n) is 3.59. The van der Waals surface area contributed by atoms with E-state index in [1.807, 2.05) is 37.3 Å². The van der Waals surface area contributed by atoms with Crippen LogP contribution in [0, 0.1) is 9.49 Å². The Morgan fingerprint density at radius 3 is 2.43 bits per heavy atom. The lowest BCUT2D eigenvalue weighted by Crippen LogP contribution is -2.50. The maximum Gasteiger partial charge on any atom is 0.119 e. The Kier molecular flexibility index (Phi) is 7.33. The molecule has 2 aromatic rings. The van der Waals surface area contributed by atoms with Gasteiger partial charge in [-0.15, -0.1) is 0 Å². The molecule has 0 unspecified atom stereocenters. The van der Waals surface area contributed by atoms with Crippen molar-refractivity contribution in [2.24, 2.45) is 5.92 Å². The summed E-state index contributed by atoms with van der Waals surface area (Å²) in [5.74, 6) is 0.473. The number of halogens is 1. The monoisotopic (exact) mass is 498 g/mol. The maximum absolute atomic E-state index is 10.6. The fraction of sp³-hybridized carbons (Fsp3) is 0.455. The molecule has 0 spiro atoms. The molecule has 28 heavy (non-hydrogen) atoms. The Balaban J connectivity index is 1.82. The van der Waals surface area contributed by atoms with Crippen LogP contribution in [0.2, 0.25) is 0 Å². The van der Waals surface area contributed by atoms with Crippen LogP contribution in [0.15, 0.2) is 42.5 Å². The van der Waals surface area contributed by atoms with Crippen LogP contribution in [0.3, 0.4) is 0 Å². The van der Waals surface area contributed by atoms with Gasteiger partial charge in [0, 0.05) is 9.49 Å². The van der Waals surface area contributed by atoms with Crippen molar-refractivity contribution in [3.8, 4) is 5.75 Å². The van der Waals surface area contributed by atoms with Crippen molar-refractivity contribution < 1.29 is 24.8 Å². The number of hydrogen-bond donors (Lipinski definition) is 3. The fourth-order valence-corrected chi connectivity index (χ4v) is 4.12. The summed E-state index contributed by atoms with van der Waals surface area (Å²) in [6.45, 7) is 4.11. The molecule has 0 bridgehead atoms. The predicted octanol–water partition coefficient (Wildman–Crippen LogP) is 3.07. The van der Waals surface area contributed by atoms with Gasteiger partial charge in [0.2, 0.25) is 0 Å². The zero-order valence-electron chi connectivity index (χ0n) is 16.1. The van der Waals surface area contributed by atoms with Gasteiger partial charge in [0.25, 0.3) is 0 Å². The number of benzene rings is 2. The number of ether oxygens (including phenoxy) is 2. The standard InChI is InChI=1S/C22H27IO5/c1-3-27-17-7-4-14(5-8-17)10-16-11-15(6-9-18(16)23)22-21(26)13(2)20(25)19(12-24)28-22/h4-9,11,13,19-22,24-26H,3,10,12H2,1-2H3/t13-,19+,20-,21+,22-/m0/s1. The molecule has 0 saturated carbocycles. The second-order valence-corrected chi connectivity index (χ2v) is 8.38. The molecule has 1 aliphatic heterocycles. The van der Waals surface area contributed by atoms with E-state index in [0.717, 1.165) is 26.9 Å². The van der Waals surface area contributed by atoms with Gasteiger partial charge >= 0.3 is 0 Å². The first kappa shape index (κ1) is 21.5. The second-order valence-electron chi connectivity index (χ2n) is 7.22. The lowest BCUT2D eigenvalue weighted by molar-refractivity contribution is -0.207. The third-order valence-corrected chi connectivity index (χ3v) is 6.35. The second kappa shape index (κ2) is 9.54. The Bertz CT molecular complexity index is 777. The molecule has 1 saturated heterocycles. The van der Waals surface area contributed by atoms with Gasteiger partial charge in [0.05, 0.1) is 25.4 Å². The number of hydrogen-bond acceptors (Lipinski definition) is 5. The van der Waals surface area contributed by atoms with E-state index in [-0.39, 0.29) is 12.5 Å². The highest BCUT2D eigenvalue weighted by molar-refractivity contribution is 14.1. The molecule has 0 aliphatic carbocycles. The number of aliphatic hydroxyl groups is 3. The van der Waals surface area contributed by atoms with Crippen LogP contribution in [-0.4, -0.2) is 46.8 Å². The normalized spacial score (nSPS) is 27.6. The molecule has 2 aromatic carbocycles. The minimum Gasteiger partial charge on any atom is -0.494 e. The van der Waals surface area contributed by atoms with Gasteiger partial charge in [-0.25, -0.2) is 0 Å². The third kappa shape index (κ3) is 4.68. The Labute approximate surface area is 179 Å². The van der Waals surface area contributed by atoms with E-state index < -0.39 is 24.4 Å². The van der Waals surface area contributed by atoms with E-state index in [2.05, 4.69) is 34.7 Å². The SMILES string of the molecule is CCOc1ccc(Cc2cc([C@@H]3O[C@H](CO)[C@@H](O)[C@H](C)[C@H]3O)ccc2I)cc1. The topological polar surface area (TPSA) is 79.2 Å². The third-order valence-electron chi connectivity index (χ3n) is 5.30. The number of rotatable bonds is 6. The van der Waals surface area contributed by atoms with Gasteiger partial charge in [-0.3, -0.25) is 0 Å². The van der Waals surface area contributed by atoms with Crippen LogP contribution in [-0.2, 0) is 11.2 Å². The molecule has 1 heterocycles. The van der Waals surface area contributed by atoms with Crippen LogP contribution in [0.4, 0.5) is 0 Å². The van der Waals surface area contributed by atoms with Gasteiger partial charge in [-0.05, 0) is 70.8 Å². The van der Waals surface area contributed by atoms with Crippen molar-refractivity contribution in [3.63, 3.8) is 0 Å². The molecular formula is C22H27IO5. The van der Waals surface area contributed by atoms with Crippen molar-refractivity contribution in [1.82, 2.24) is 0 Å². The summed E-state index contributed by atoms with van der Waals surface area (Å²) in [7, 11) is 0. The highest BCUT2D eigenvalue weighted by Crippen LogP contribution is 2.36. The molecule has 5 atom stereocenters. The molecule has 0 amide bonds. The smallest absolute Gasteiger partial charge is 0.119 e. The Hall–Kier alpha value is -1.19. The molecule has 1 aliphatic rings. The van der Waals surface area contributed by atoms with Gasteiger partial charge in [0.15, 0.2) is 0 Å². The molecule has 1 fully saturated rings. The van der Waals surface area contributed by atoms with E-state index in [9.17, 15) is 15.3 Å². The van der Waals surface area contributed by atoms with E-state index in [0.29, 0.717) is 6.61 Å². The van der Waals surface area contributed by atoms with Crippen molar-refractivity contribution in [2.75, 3.05) is 13.2 Å². The quantitative estimate of drug-likeness (QED) is 0.534.